The normalized spacial score (nSPS) is 20.1. The molecule has 1 saturated carbocycles. The van der Waals surface area contributed by atoms with Crippen LogP contribution in [0.4, 0.5) is 0 Å². The minimum Gasteiger partial charge on any atom is -0.326 e. The molecular weight excluding hydrogens is 244 g/mol. The summed E-state index contributed by atoms with van der Waals surface area (Å²) >= 11 is 0. The summed E-state index contributed by atoms with van der Waals surface area (Å²) in [5.74, 6) is 0. The Balaban J connectivity index is 2.17. The van der Waals surface area contributed by atoms with Crippen molar-refractivity contribution in [2.24, 2.45) is 5.73 Å². The van der Waals surface area contributed by atoms with Gasteiger partial charge in [0.25, 0.3) is 0 Å². The average Bonchev–Trinajstić information content (AvgIpc) is 2.38. The third-order valence-corrected chi connectivity index (χ3v) is 5.04. The van der Waals surface area contributed by atoms with E-state index in [1.807, 2.05) is 0 Å². The molecule has 20 heavy (non-hydrogen) atoms. The highest BCUT2D eigenvalue weighted by Gasteiger charge is 2.39. The van der Waals surface area contributed by atoms with Gasteiger partial charge < -0.3 is 10.6 Å². The van der Waals surface area contributed by atoms with E-state index in [9.17, 15) is 0 Å². The van der Waals surface area contributed by atoms with Gasteiger partial charge in [-0.3, -0.25) is 0 Å². The van der Waals surface area contributed by atoms with Crippen LogP contribution in [0.15, 0.2) is 18.2 Å². The number of hydrogen-bond acceptors (Lipinski definition) is 2. The van der Waals surface area contributed by atoms with Crippen molar-refractivity contribution in [2.75, 3.05) is 14.1 Å². The van der Waals surface area contributed by atoms with Crippen LogP contribution in [0.2, 0.25) is 0 Å². The van der Waals surface area contributed by atoms with E-state index < -0.39 is 0 Å². The lowest BCUT2D eigenvalue weighted by Crippen LogP contribution is -2.59. The second-order valence-electron chi connectivity index (χ2n) is 6.87. The number of hydrogen-bond donors (Lipinski definition) is 1. The highest BCUT2D eigenvalue weighted by molar-refractivity contribution is 5.29. The molecule has 0 spiro atoms. The number of benzene rings is 1. The maximum Gasteiger partial charge on any atom is 0.0357 e. The molecule has 2 rings (SSSR count). The second kappa shape index (κ2) is 6.28. The lowest BCUT2D eigenvalue weighted by molar-refractivity contribution is 0.0716. The molecule has 1 aromatic rings. The Morgan fingerprint density at radius 1 is 1.05 bits per heavy atom. The van der Waals surface area contributed by atoms with Crippen molar-refractivity contribution in [1.82, 2.24) is 4.90 Å². The van der Waals surface area contributed by atoms with E-state index in [0.717, 1.165) is 6.42 Å². The van der Waals surface area contributed by atoms with E-state index in [1.54, 1.807) is 0 Å². The summed E-state index contributed by atoms with van der Waals surface area (Å²) in [6.45, 7) is 4.34. The second-order valence-corrected chi connectivity index (χ2v) is 6.87. The number of rotatable bonds is 4. The Kier molecular flexibility index (Phi) is 4.87. The zero-order valence-corrected chi connectivity index (χ0v) is 13.6. The Morgan fingerprint density at radius 3 is 2.10 bits per heavy atom. The summed E-state index contributed by atoms with van der Waals surface area (Å²) in [6.07, 6.45) is 7.47. The van der Waals surface area contributed by atoms with Crippen LogP contribution in [0.25, 0.3) is 0 Å². The minimum atomic E-state index is 0.190. The SMILES string of the molecule is Cc1cc(C)cc(CC(N)C2(N(C)C)CCCCC2)c1. The van der Waals surface area contributed by atoms with Gasteiger partial charge in [0, 0.05) is 11.6 Å². The van der Waals surface area contributed by atoms with Crippen molar-refractivity contribution in [3.8, 4) is 0 Å². The monoisotopic (exact) mass is 274 g/mol. The molecule has 112 valence electrons. The molecule has 0 aliphatic heterocycles. The Labute approximate surface area is 124 Å². The fourth-order valence-corrected chi connectivity index (χ4v) is 3.94. The molecule has 1 fully saturated rings. The first-order chi connectivity index (χ1) is 9.44. The molecule has 0 amide bonds. The topological polar surface area (TPSA) is 29.3 Å². The average molecular weight is 274 g/mol. The van der Waals surface area contributed by atoms with Crippen LogP contribution in [0.5, 0.6) is 0 Å². The van der Waals surface area contributed by atoms with E-state index in [4.69, 9.17) is 5.73 Å². The van der Waals surface area contributed by atoms with Crippen LogP contribution in [0.3, 0.4) is 0 Å². The van der Waals surface area contributed by atoms with Gasteiger partial charge in [-0.15, -0.1) is 0 Å². The van der Waals surface area contributed by atoms with Crippen LogP contribution >= 0.6 is 0 Å². The van der Waals surface area contributed by atoms with Gasteiger partial charge in [0.2, 0.25) is 0 Å². The summed E-state index contributed by atoms with van der Waals surface area (Å²) in [5, 5.41) is 0. The predicted molar refractivity (Wildman–Crippen MR) is 87.1 cm³/mol. The molecular formula is C18H30N2. The van der Waals surface area contributed by atoms with Crippen molar-refractivity contribution < 1.29 is 0 Å². The first-order valence-corrected chi connectivity index (χ1v) is 7.94. The number of nitrogens with zero attached hydrogens (tertiary/aromatic N) is 1. The quantitative estimate of drug-likeness (QED) is 0.911. The van der Waals surface area contributed by atoms with Crippen LogP contribution in [0, 0.1) is 13.8 Å². The number of nitrogens with two attached hydrogens (primary N) is 1. The van der Waals surface area contributed by atoms with Gasteiger partial charge in [-0.2, -0.15) is 0 Å². The molecule has 2 nitrogen and oxygen atoms in total. The lowest BCUT2D eigenvalue weighted by Gasteiger charge is -2.47. The maximum atomic E-state index is 6.67. The molecule has 2 heteroatoms. The largest absolute Gasteiger partial charge is 0.326 e. The van der Waals surface area contributed by atoms with Gasteiger partial charge in [0.1, 0.15) is 0 Å². The fourth-order valence-electron chi connectivity index (χ4n) is 3.94. The Bertz CT molecular complexity index is 424. The zero-order valence-electron chi connectivity index (χ0n) is 13.6. The molecule has 0 radical (unpaired) electrons. The minimum absolute atomic E-state index is 0.190. The molecule has 1 aromatic carbocycles. The van der Waals surface area contributed by atoms with Crippen LogP contribution < -0.4 is 5.73 Å². The Hall–Kier alpha value is -0.860. The summed E-state index contributed by atoms with van der Waals surface area (Å²) in [4.78, 5) is 2.39. The van der Waals surface area contributed by atoms with Crippen LogP contribution in [0.1, 0.15) is 48.8 Å². The Morgan fingerprint density at radius 2 is 1.60 bits per heavy atom. The van der Waals surface area contributed by atoms with Crippen molar-refractivity contribution >= 4 is 0 Å². The van der Waals surface area contributed by atoms with Crippen molar-refractivity contribution in [1.29, 1.82) is 0 Å². The molecule has 1 unspecified atom stereocenters. The van der Waals surface area contributed by atoms with Crippen LogP contribution in [-0.2, 0) is 6.42 Å². The van der Waals surface area contributed by atoms with E-state index in [2.05, 4.69) is 51.0 Å². The molecule has 1 atom stereocenters. The zero-order chi connectivity index (χ0) is 14.8. The smallest absolute Gasteiger partial charge is 0.0357 e. The van der Waals surface area contributed by atoms with Gasteiger partial charge in [0.15, 0.2) is 0 Å². The molecule has 0 bridgehead atoms. The van der Waals surface area contributed by atoms with Gasteiger partial charge in [-0.05, 0) is 52.8 Å². The van der Waals surface area contributed by atoms with Crippen molar-refractivity contribution in [3.63, 3.8) is 0 Å². The number of aryl methyl sites for hydroxylation is 2. The van der Waals surface area contributed by atoms with Crippen molar-refractivity contribution in [3.05, 3.63) is 34.9 Å². The molecule has 1 aliphatic carbocycles. The standard InChI is InChI=1S/C18H30N2/c1-14-10-15(2)12-16(11-14)13-17(19)18(20(3)4)8-6-5-7-9-18/h10-12,17H,5-9,13,19H2,1-4H3. The third-order valence-electron chi connectivity index (χ3n) is 5.04. The number of likely N-dealkylation sites (N-methyl/N-ethyl adjacent to an activating group) is 1. The van der Waals surface area contributed by atoms with Gasteiger partial charge in [-0.25, -0.2) is 0 Å². The fraction of sp³-hybridized carbons (Fsp3) is 0.667. The van der Waals surface area contributed by atoms with Gasteiger partial charge in [-0.1, -0.05) is 48.6 Å². The molecule has 0 aromatic heterocycles. The molecule has 0 heterocycles. The van der Waals surface area contributed by atoms with E-state index >= 15 is 0 Å². The predicted octanol–water partition coefficient (Wildman–Crippen LogP) is 3.44. The summed E-state index contributed by atoms with van der Waals surface area (Å²) < 4.78 is 0. The van der Waals surface area contributed by atoms with E-state index in [0.29, 0.717) is 0 Å². The summed E-state index contributed by atoms with van der Waals surface area (Å²) in [5.41, 5.74) is 10.9. The highest BCUT2D eigenvalue weighted by Crippen LogP contribution is 2.35. The summed E-state index contributed by atoms with van der Waals surface area (Å²) in [7, 11) is 4.40. The molecule has 2 N–H and O–H groups in total. The maximum absolute atomic E-state index is 6.67. The van der Waals surface area contributed by atoms with Gasteiger partial charge in [0.05, 0.1) is 0 Å². The first-order valence-electron chi connectivity index (χ1n) is 7.94. The van der Waals surface area contributed by atoms with E-state index in [1.165, 1.54) is 48.8 Å². The molecule has 1 aliphatic rings. The third kappa shape index (κ3) is 3.24. The highest BCUT2D eigenvalue weighted by atomic mass is 15.2. The summed E-state index contributed by atoms with van der Waals surface area (Å²) in [6, 6.07) is 7.04. The van der Waals surface area contributed by atoms with Crippen LogP contribution in [-0.4, -0.2) is 30.6 Å². The van der Waals surface area contributed by atoms with Crippen molar-refractivity contribution in [2.45, 2.75) is 64.0 Å². The van der Waals surface area contributed by atoms with Gasteiger partial charge >= 0.3 is 0 Å². The molecule has 0 saturated heterocycles. The van der Waals surface area contributed by atoms with E-state index in [-0.39, 0.29) is 11.6 Å². The first kappa shape index (κ1) is 15.5. The lowest BCUT2D eigenvalue weighted by atomic mass is 9.74.